The zero-order valence-electron chi connectivity index (χ0n) is 14.4. The van der Waals surface area contributed by atoms with Gasteiger partial charge in [0.1, 0.15) is 0 Å². The summed E-state index contributed by atoms with van der Waals surface area (Å²) < 4.78 is 8.30. The topological polar surface area (TPSA) is 9.23 Å². The minimum atomic E-state index is 0.337. The molecule has 0 saturated carbocycles. The van der Waals surface area contributed by atoms with Crippen LogP contribution in [0.2, 0.25) is 0 Å². The molecule has 0 spiro atoms. The SMILES string of the molecule is COc1ccc(-c2[se]c3ccccc3c2C(C)c2ccccc2)cc1. The van der Waals surface area contributed by atoms with Gasteiger partial charge in [0.25, 0.3) is 0 Å². The maximum atomic E-state index is 5.33. The molecule has 0 bridgehead atoms. The third kappa shape index (κ3) is 3.04. The van der Waals surface area contributed by atoms with E-state index in [4.69, 9.17) is 4.74 Å². The summed E-state index contributed by atoms with van der Waals surface area (Å²) >= 11 is 0.337. The molecule has 0 saturated heterocycles. The molecule has 124 valence electrons. The van der Waals surface area contributed by atoms with E-state index in [1.165, 1.54) is 30.8 Å². The molecule has 0 fully saturated rings. The van der Waals surface area contributed by atoms with Crippen molar-refractivity contribution >= 4 is 24.1 Å². The summed E-state index contributed by atoms with van der Waals surface area (Å²) in [4.78, 5) is 0. The van der Waals surface area contributed by atoms with Crippen LogP contribution >= 0.6 is 0 Å². The molecular weight excluding hydrogens is 371 g/mol. The van der Waals surface area contributed by atoms with Crippen molar-refractivity contribution in [2.45, 2.75) is 12.8 Å². The van der Waals surface area contributed by atoms with E-state index in [2.05, 4.69) is 85.8 Å². The van der Waals surface area contributed by atoms with Gasteiger partial charge in [0.05, 0.1) is 0 Å². The molecule has 2 heteroatoms. The van der Waals surface area contributed by atoms with E-state index in [9.17, 15) is 0 Å². The van der Waals surface area contributed by atoms with Crippen molar-refractivity contribution in [3.8, 4) is 15.8 Å². The van der Waals surface area contributed by atoms with Gasteiger partial charge in [0, 0.05) is 0 Å². The molecule has 4 rings (SSSR count). The second-order valence-electron chi connectivity index (χ2n) is 6.20. The number of rotatable bonds is 4. The molecule has 0 aliphatic carbocycles. The molecule has 4 aromatic rings. The summed E-state index contributed by atoms with van der Waals surface area (Å²) in [7, 11) is 1.71. The molecule has 1 nitrogen and oxygen atoms in total. The van der Waals surface area contributed by atoms with Crippen molar-refractivity contribution in [1.29, 1.82) is 0 Å². The molecule has 1 unspecified atom stereocenters. The van der Waals surface area contributed by atoms with Crippen LogP contribution in [-0.4, -0.2) is 21.6 Å². The predicted molar refractivity (Wildman–Crippen MR) is 107 cm³/mol. The van der Waals surface area contributed by atoms with Crippen LogP contribution < -0.4 is 4.74 Å². The van der Waals surface area contributed by atoms with E-state index in [1.807, 2.05) is 0 Å². The van der Waals surface area contributed by atoms with Gasteiger partial charge >= 0.3 is 155 Å². The van der Waals surface area contributed by atoms with E-state index in [-0.39, 0.29) is 0 Å². The third-order valence-corrected chi connectivity index (χ3v) is 7.31. The van der Waals surface area contributed by atoms with Crippen molar-refractivity contribution in [2.75, 3.05) is 7.11 Å². The molecular formula is C23H20OSe. The Morgan fingerprint density at radius 2 is 1.48 bits per heavy atom. The Morgan fingerprint density at radius 3 is 2.20 bits per heavy atom. The van der Waals surface area contributed by atoms with Gasteiger partial charge in [-0.15, -0.1) is 0 Å². The van der Waals surface area contributed by atoms with E-state index in [0.717, 1.165) is 5.75 Å². The molecule has 0 amide bonds. The Bertz CT molecular complexity index is 984. The molecule has 3 aromatic carbocycles. The van der Waals surface area contributed by atoms with Crippen LogP contribution in [0.4, 0.5) is 0 Å². The summed E-state index contributed by atoms with van der Waals surface area (Å²) in [6, 6.07) is 28.2. The number of methoxy groups -OCH3 is 1. The standard InChI is InChI=1S/C23H20OSe/c1-16(17-8-4-3-5-9-17)22-20-10-6-7-11-21(20)25-23(22)18-12-14-19(24-2)15-13-18/h3-16H,1-2H3. The third-order valence-electron chi connectivity index (χ3n) is 4.72. The Morgan fingerprint density at radius 1 is 0.800 bits per heavy atom. The van der Waals surface area contributed by atoms with Gasteiger partial charge in [-0.1, -0.05) is 0 Å². The fraction of sp³-hybridized carbons (Fsp3) is 0.130. The maximum absolute atomic E-state index is 5.33. The Labute approximate surface area is 154 Å². The first kappa shape index (κ1) is 16.2. The normalized spacial score (nSPS) is 12.2. The summed E-state index contributed by atoms with van der Waals surface area (Å²) in [5.74, 6) is 1.29. The van der Waals surface area contributed by atoms with Gasteiger partial charge in [0.2, 0.25) is 0 Å². The first-order valence-corrected chi connectivity index (χ1v) is 10.2. The van der Waals surface area contributed by atoms with Gasteiger partial charge in [-0.25, -0.2) is 0 Å². The fourth-order valence-corrected chi connectivity index (χ4v) is 6.10. The van der Waals surface area contributed by atoms with E-state index < -0.39 is 0 Å². The zero-order chi connectivity index (χ0) is 17.2. The summed E-state index contributed by atoms with van der Waals surface area (Å²) in [6.45, 7) is 2.33. The number of fused-ring (bicyclic) bond motifs is 1. The quantitative estimate of drug-likeness (QED) is 0.404. The summed E-state index contributed by atoms with van der Waals surface area (Å²) in [5, 5.41) is 1.42. The average Bonchev–Trinajstić information content (AvgIpc) is 3.07. The molecule has 0 aliphatic rings. The molecule has 0 N–H and O–H groups in total. The van der Waals surface area contributed by atoms with Crippen molar-refractivity contribution < 1.29 is 4.74 Å². The minimum absolute atomic E-state index is 0.337. The first-order valence-electron chi connectivity index (χ1n) is 8.48. The van der Waals surface area contributed by atoms with Crippen molar-refractivity contribution in [2.24, 2.45) is 0 Å². The fourth-order valence-electron chi connectivity index (χ4n) is 3.36. The van der Waals surface area contributed by atoms with Crippen molar-refractivity contribution in [1.82, 2.24) is 0 Å². The van der Waals surface area contributed by atoms with E-state index in [0.29, 0.717) is 20.4 Å². The van der Waals surface area contributed by atoms with Crippen LogP contribution in [0.5, 0.6) is 5.75 Å². The molecule has 1 heterocycles. The van der Waals surface area contributed by atoms with Gasteiger partial charge < -0.3 is 0 Å². The van der Waals surface area contributed by atoms with Gasteiger partial charge in [-0.05, 0) is 0 Å². The number of benzene rings is 3. The van der Waals surface area contributed by atoms with Crippen molar-refractivity contribution in [3.05, 3.63) is 90.0 Å². The first-order chi connectivity index (χ1) is 12.3. The second kappa shape index (κ2) is 6.92. The second-order valence-corrected chi connectivity index (χ2v) is 8.41. The Kier molecular flexibility index (Phi) is 4.48. The number of hydrogen-bond donors (Lipinski definition) is 0. The van der Waals surface area contributed by atoms with Crippen molar-refractivity contribution in [3.63, 3.8) is 0 Å². The van der Waals surface area contributed by atoms with Crippen LogP contribution in [0.3, 0.4) is 0 Å². The van der Waals surface area contributed by atoms with Crippen LogP contribution in [0.1, 0.15) is 24.0 Å². The van der Waals surface area contributed by atoms with Gasteiger partial charge in [0.15, 0.2) is 0 Å². The Hall–Kier alpha value is -2.28. The Balaban J connectivity index is 1.91. The van der Waals surface area contributed by atoms with Gasteiger partial charge in [-0.3, -0.25) is 0 Å². The molecule has 1 atom stereocenters. The van der Waals surface area contributed by atoms with Gasteiger partial charge in [-0.2, -0.15) is 0 Å². The monoisotopic (exact) mass is 392 g/mol. The molecule has 1 aromatic heterocycles. The zero-order valence-corrected chi connectivity index (χ0v) is 16.1. The number of ether oxygens (including phenoxy) is 1. The average molecular weight is 391 g/mol. The number of hydrogen-bond acceptors (Lipinski definition) is 1. The predicted octanol–water partition coefficient (Wildman–Crippen LogP) is 5.72. The van der Waals surface area contributed by atoms with Crippen LogP contribution in [0, 0.1) is 0 Å². The van der Waals surface area contributed by atoms with E-state index in [1.54, 1.807) is 7.11 Å². The molecule has 0 aliphatic heterocycles. The molecule has 25 heavy (non-hydrogen) atoms. The van der Waals surface area contributed by atoms with Crippen LogP contribution in [-0.2, 0) is 0 Å². The summed E-state index contributed by atoms with van der Waals surface area (Å²) in [5.41, 5.74) is 4.16. The summed E-state index contributed by atoms with van der Waals surface area (Å²) in [6.07, 6.45) is 0. The van der Waals surface area contributed by atoms with E-state index >= 15 is 0 Å². The van der Waals surface area contributed by atoms with Crippen LogP contribution in [0.15, 0.2) is 78.9 Å². The van der Waals surface area contributed by atoms with Crippen LogP contribution in [0.25, 0.3) is 19.6 Å². The molecule has 0 radical (unpaired) electrons.